The molecule has 0 heterocycles. The number of nitrogens with zero attached hydrogens (tertiary/aromatic N) is 1. The number of carbonyl (C=O) groups excluding carboxylic acids is 2. The van der Waals surface area contributed by atoms with E-state index >= 15 is 0 Å². The fourth-order valence-corrected chi connectivity index (χ4v) is 2.65. The van der Waals surface area contributed by atoms with Crippen LogP contribution in [0.15, 0.2) is 36.5 Å². The largest absolute Gasteiger partial charge is 0.484 e. The number of carbonyl (C=O) groups is 2. The molecule has 0 saturated heterocycles. The molecule has 7 heteroatoms. The van der Waals surface area contributed by atoms with E-state index in [1.54, 1.807) is 24.3 Å². The van der Waals surface area contributed by atoms with Crippen molar-refractivity contribution in [3.05, 3.63) is 41.6 Å². The van der Waals surface area contributed by atoms with Crippen molar-refractivity contribution in [2.75, 3.05) is 27.2 Å². The lowest BCUT2D eigenvalue weighted by molar-refractivity contribution is -0.126. The molecule has 1 aromatic carbocycles. The maximum atomic E-state index is 12.3. The van der Waals surface area contributed by atoms with Gasteiger partial charge in [0.2, 0.25) is 5.91 Å². The number of hydrogen-bond donors (Lipinski definition) is 2. The summed E-state index contributed by atoms with van der Waals surface area (Å²) in [5.41, 5.74) is 0.571. The Morgan fingerprint density at radius 3 is 2.38 bits per heavy atom. The number of amides is 2. The Bertz CT molecular complexity index is 607. The normalized spacial score (nSPS) is 12.0. The van der Waals surface area contributed by atoms with Crippen LogP contribution < -0.4 is 15.4 Å². The molecule has 1 aromatic rings. The third kappa shape index (κ3) is 7.89. The fourth-order valence-electron chi connectivity index (χ4n) is 2.53. The van der Waals surface area contributed by atoms with Crippen molar-refractivity contribution in [1.82, 2.24) is 15.5 Å². The second-order valence-electron chi connectivity index (χ2n) is 6.59. The van der Waals surface area contributed by atoms with Gasteiger partial charge in [0, 0.05) is 23.7 Å². The number of nitrogens with one attached hydrogen (secondary N) is 2. The van der Waals surface area contributed by atoms with Crippen molar-refractivity contribution in [3.63, 3.8) is 0 Å². The molecular formula is C19H28ClN3O3. The minimum absolute atomic E-state index is 0.0868. The number of halogens is 1. The molecule has 0 aromatic heterocycles. The van der Waals surface area contributed by atoms with Crippen LogP contribution in [0.3, 0.4) is 0 Å². The molecule has 1 unspecified atom stereocenters. The Morgan fingerprint density at radius 2 is 1.85 bits per heavy atom. The molecule has 6 nitrogen and oxygen atoms in total. The van der Waals surface area contributed by atoms with Crippen molar-refractivity contribution in [2.24, 2.45) is 5.92 Å². The van der Waals surface area contributed by atoms with Crippen LogP contribution in [0.25, 0.3) is 0 Å². The Kier molecular flexibility index (Phi) is 9.16. The third-order valence-electron chi connectivity index (χ3n) is 3.69. The van der Waals surface area contributed by atoms with E-state index in [2.05, 4.69) is 17.2 Å². The van der Waals surface area contributed by atoms with Gasteiger partial charge < -0.3 is 15.4 Å². The van der Waals surface area contributed by atoms with Gasteiger partial charge in [-0.2, -0.15) is 0 Å². The molecule has 2 amide bonds. The topological polar surface area (TPSA) is 70.7 Å². The molecule has 1 rings (SSSR count). The fraction of sp³-hybridized carbons (Fsp3) is 0.474. The average Bonchev–Trinajstić information content (AvgIpc) is 2.53. The summed E-state index contributed by atoms with van der Waals surface area (Å²) in [5, 5.41) is 6.15. The van der Waals surface area contributed by atoms with Crippen molar-refractivity contribution < 1.29 is 14.3 Å². The van der Waals surface area contributed by atoms with Gasteiger partial charge in [-0.3, -0.25) is 14.5 Å². The first-order valence-electron chi connectivity index (χ1n) is 8.50. The molecule has 0 saturated carbocycles. The number of benzene rings is 1. The molecule has 0 spiro atoms. The Morgan fingerprint density at radius 1 is 1.23 bits per heavy atom. The van der Waals surface area contributed by atoms with Gasteiger partial charge in [0.1, 0.15) is 5.75 Å². The van der Waals surface area contributed by atoms with Crippen molar-refractivity contribution in [1.29, 1.82) is 0 Å². The number of likely N-dealkylation sites (N-methyl/N-ethyl adjacent to an activating group) is 1. The zero-order chi connectivity index (χ0) is 19.7. The number of ether oxygens (including phenoxy) is 1. The monoisotopic (exact) mass is 381 g/mol. The highest BCUT2D eigenvalue weighted by Gasteiger charge is 2.24. The first kappa shape index (κ1) is 22.0. The van der Waals surface area contributed by atoms with E-state index in [4.69, 9.17) is 16.3 Å². The molecule has 0 radical (unpaired) electrons. The second-order valence-corrected chi connectivity index (χ2v) is 7.02. The van der Waals surface area contributed by atoms with Crippen LogP contribution >= 0.6 is 11.6 Å². The predicted molar refractivity (Wildman–Crippen MR) is 104 cm³/mol. The van der Waals surface area contributed by atoms with E-state index in [9.17, 15) is 9.59 Å². The zero-order valence-electron chi connectivity index (χ0n) is 15.8. The summed E-state index contributed by atoms with van der Waals surface area (Å²) >= 11 is 5.79. The lowest BCUT2D eigenvalue weighted by Gasteiger charge is -2.27. The summed E-state index contributed by atoms with van der Waals surface area (Å²) in [6.45, 7) is 8.12. The van der Waals surface area contributed by atoms with Gasteiger partial charge in [-0.1, -0.05) is 32.0 Å². The minimum atomic E-state index is -0.243. The van der Waals surface area contributed by atoms with Crippen LogP contribution in [0.2, 0.25) is 5.02 Å². The van der Waals surface area contributed by atoms with Gasteiger partial charge in [-0.05, 0) is 44.3 Å². The maximum Gasteiger partial charge on any atom is 0.257 e. The van der Waals surface area contributed by atoms with E-state index in [1.807, 2.05) is 32.8 Å². The summed E-state index contributed by atoms with van der Waals surface area (Å²) < 4.78 is 5.36. The molecule has 0 aliphatic rings. The van der Waals surface area contributed by atoms with Crippen LogP contribution in [0.4, 0.5) is 0 Å². The molecule has 26 heavy (non-hydrogen) atoms. The maximum absolute atomic E-state index is 12.3. The lowest BCUT2D eigenvalue weighted by Crippen LogP contribution is -2.46. The molecule has 0 bridgehead atoms. The third-order valence-corrected chi connectivity index (χ3v) is 3.94. The standard InChI is InChI=1S/C19H28ClN3O3/c1-13(2)18(23(4)5)19(25)22-14(3)10-11-21-17(24)12-26-16-8-6-15(20)7-9-16/h6-9,13,18H,3,10-12H2,1-2,4-5H3,(H,21,24)(H,22,25). The molecule has 1 atom stereocenters. The summed E-state index contributed by atoms with van der Waals surface area (Å²) in [6, 6.07) is 6.56. The van der Waals surface area contributed by atoms with Crippen LogP contribution in [0.1, 0.15) is 20.3 Å². The van der Waals surface area contributed by atoms with Crippen molar-refractivity contribution in [3.8, 4) is 5.75 Å². The first-order valence-corrected chi connectivity index (χ1v) is 8.88. The number of rotatable bonds is 10. The molecule has 0 aliphatic carbocycles. The molecular weight excluding hydrogens is 354 g/mol. The highest BCUT2D eigenvalue weighted by Crippen LogP contribution is 2.15. The molecule has 144 valence electrons. The van der Waals surface area contributed by atoms with E-state index in [-0.39, 0.29) is 30.4 Å². The minimum Gasteiger partial charge on any atom is -0.484 e. The summed E-state index contributed by atoms with van der Waals surface area (Å²) in [5.74, 6) is 0.423. The highest BCUT2D eigenvalue weighted by atomic mass is 35.5. The van der Waals surface area contributed by atoms with E-state index in [0.29, 0.717) is 29.4 Å². The Labute approximate surface area is 160 Å². The SMILES string of the molecule is C=C(CCNC(=O)COc1ccc(Cl)cc1)NC(=O)C(C(C)C)N(C)C. The second kappa shape index (κ2) is 10.8. The Hall–Kier alpha value is -2.05. The van der Waals surface area contributed by atoms with E-state index < -0.39 is 0 Å². The van der Waals surface area contributed by atoms with Gasteiger partial charge in [-0.25, -0.2) is 0 Å². The van der Waals surface area contributed by atoms with Crippen LogP contribution in [-0.2, 0) is 9.59 Å². The van der Waals surface area contributed by atoms with Crippen LogP contribution in [-0.4, -0.2) is 50.0 Å². The Balaban J connectivity index is 2.29. The van der Waals surface area contributed by atoms with Gasteiger partial charge in [0.05, 0.1) is 6.04 Å². The van der Waals surface area contributed by atoms with Gasteiger partial charge >= 0.3 is 0 Å². The smallest absolute Gasteiger partial charge is 0.257 e. The lowest BCUT2D eigenvalue weighted by atomic mass is 10.0. The zero-order valence-corrected chi connectivity index (χ0v) is 16.6. The van der Waals surface area contributed by atoms with Crippen molar-refractivity contribution >= 4 is 23.4 Å². The van der Waals surface area contributed by atoms with Crippen LogP contribution in [0.5, 0.6) is 5.75 Å². The summed E-state index contributed by atoms with van der Waals surface area (Å²) in [7, 11) is 3.74. The number of hydrogen-bond acceptors (Lipinski definition) is 4. The average molecular weight is 382 g/mol. The first-order chi connectivity index (χ1) is 12.2. The summed E-state index contributed by atoms with van der Waals surface area (Å²) in [6.07, 6.45) is 0.455. The van der Waals surface area contributed by atoms with E-state index in [0.717, 1.165) is 0 Å². The van der Waals surface area contributed by atoms with Crippen molar-refractivity contribution in [2.45, 2.75) is 26.3 Å². The van der Waals surface area contributed by atoms with E-state index in [1.165, 1.54) is 0 Å². The van der Waals surface area contributed by atoms with Gasteiger partial charge in [0.25, 0.3) is 5.91 Å². The van der Waals surface area contributed by atoms with Gasteiger partial charge in [-0.15, -0.1) is 0 Å². The molecule has 0 fully saturated rings. The highest BCUT2D eigenvalue weighted by molar-refractivity contribution is 6.30. The summed E-state index contributed by atoms with van der Waals surface area (Å²) in [4.78, 5) is 26.0. The van der Waals surface area contributed by atoms with Gasteiger partial charge in [0.15, 0.2) is 6.61 Å². The quantitative estimate of drug-likeness (QED) is 0.653. The van der Waals surface area contributed by atoms with Crippen LogP contribution in [0, 0.1) is 5.92 Å². The molecule has 2 N–H and O–H groups in total. The molecule has 0 aliphatic heterocycles. The predicted octanol–water partition coefficient (Wildman–Crippen LogP) is 2.44.